The van der Waals surface area contributed by atoms with E-state index in [0.717, 1.165) is 40.7 Å². The van der Waals surface area contributed by atoms with Crippen LogP contribution in [0, 0.1) is 13.8 Å². The third kappa shape index (κ3) is 4.32. The number of hydrogen-bond acceptors (Lipinski definition) is 4. The zero-order chi connectivity index (χ0) is 20.4. The Morgan fingerprint density at radius 3 is 2.59 bits per heavy atom. The molecule has 2 heterocycles. The smallest absolute Gasteiger partial charge is 0.287 e. The molecule has 6 heteroatoms. The van der Waals surface area contributed by atoms with Gasteiger partial charge in [-0.15, -0.1) is 0 Å². The van der Waals surface area contributed by atoms with Gasteiger partial charge in [-0.25, -0.2) is 0 Å². The van der Waals surface area contributed by atoms with E-state index in [4.69, 9.17) is 20.8 Å². The number of halogens is 1. The molecular formula is C23H25ClN2O3. The van der Waals surface area contributed by atoms with E-state index >= 15 is 0 Å². The number of nitrogens with one attached hydrogen (secondary N) is 1. The van der Waals surface area contributed by atoms with Gasteiger partial charge in [0.25, 0.3) is 5.91 Å². The summed E-state index contributed by atoms with van der Waals surface area (Å²) in [5, 5.41) is 4.76. The average molecular weight is 413 g/mol. The maximum absolute atomic E-state index is 12.9. The number of nitrogens with zero attached hydrogens (tertiary/aromatic N) is 1. The van der Waals surface area contributed by atoms with Crippen LogP contribution in [0.3, 0.4) is 0 Å². The lowest BCUT2D eigenvalue weighted by atomic mass is 10.0. The van der Waals surface area contributed by atoms with Gasteiger partial charge < -0.3 is 14.5 Å². The van der Waals surface area contributed by atoms with Crippen LogP contribution in [0.5, 0.6) is 0 Å². The third-order valence-corrected chi connectivity index (χ3v) is 5.75. The molecule has 1 saturated heterocycles. The molecule has 1 aliphatic heterocycles. The summed E-state index contributed by atoms with van der Waals surface area (Å²) in [4.78, 5) is 15.3. The lowest BCUT2D eigenvalue weighted by molar-refractivity contribution is 0.0161. The van der Waals surface area contributed by atoms with Gasteiger partial charge >= 0.3 is 0 Å². The van der Waals surface area contributed by atoms with Crippen LogP contribution in [0.2, 0.25) is 5.02 Å². The van der Waals surface area contributed by atoms with Crippen LogP contribution in [0.1, 0.15) is 33.3 Å². The van der Waals surface area contributed by atoms with Crippen LogP contribution in [0.4, 0.5) is 0 Å². The van der Waals surface area contributed by atoms with Gasteiger partial charge in [-0.3, -0.25) is 9.69 Å². The van der Waals surface area contributed by atoms with Crippen LogP contribution in [-0.4, -0.2) is 43.7 Å². The third-order valence-electron chi connectivity index (χ3n) is 5.50. The van der Waals surface area contributed by atoms with E-state index in [0.29, 0.717) is 30.5 Å². The topological polar surface area (TPSA) is 54.7 Å². The SMILES string of the molecule is Cc1ccc2oc(C(=O)NC[C@H](c3ccc(Cl)cc3)N3CCOCC3)c(C)c2c1. The number of benzene rings is 2. The molecule has 5 nitrogen and oxygen atoms in total. The summed E-state index contributed by atoms with van der Waals surface area (Å²) in [6.45, 7) is 7.48. The van der Waals surface area contributed by atoms with Crippen LogP contribution >= 0.6 is 11.6 Å². The zero-order valence-corrected chi connectivity index (χ0v) is 17.5. The molecule has 0 spiro atoms. The normalized spacial score (nSPS) is 16.1. The molecule has 0 radical (unpaired) electrons. The Hall–Kier alpha value is -2.34. The summed E-state index contributed by atoms with van der Waals surface area (Å²) in [6, 6.07) is 13.8. The van der Waals surface area contributed by atoms with Gasteiger partial charge in [0, 0.05) is 35.6 Å². The first-order valence-electron chi connectivity index (χ1n) is 9.88. The Morgan fingerprint density at radius 1 is 1.14 bits per heavy atom. The first kappa shape index (κ1) is 20.0. The van der Waals surface area contributed by atoms with Crippen LogP contribution in [0.15, 0.2) is 46.9 Å². The largest absolute Gasteiger partial charge is 0.451 e. The number of morpholine rings is 1. The van der Waals surface area contributed by atoms with Crippen molar-refractivity contribution in [2.45, 2.75) is 19.9 Å². The lowest BCUT2D eigenvalue weighted by Gasteiger charge is -2.34. The number of rotatable bonds is 5. The van der Waals surface area contributed by atoms with Crippen molar-refractivity contribution in [2.24, 2.45) is 0 Å². The number of hydrogen-bond donors (Lipinski definition) is 1. The zero-order valence-electron chi connectivity index (χ0n) is 16.7. The predicted molar refractivity (Wildman–Crippen MR) is 115 cm³/mol. The molecule has 152 valence electrons. The molecule has 3 aromatic rings. The standard InChI is InChI=1S/C23H25ClN2O3/c1-15-3-8-21-19(13-15)16(2)22(29-21)23(27)25-14-20(26-9-11-28-12-10-26)17-4-6-18(24)7-5-17/h3-8,13,20H,9-12,14H2,1-2H3,(H,25,27)/t20-/m1/s1. The summed E-state index contributed by atoms with van der Waals surface area (Å²) in [5.41, 5.74) is 3.87. The van der Waals surface area contributed by atoms with Crippen molar-refractivity contribution in [1.82, 2.24) is 10.2 Å². The van der Waals surface area contributed by atoms with Crippen LogP contribution in [-0.2, 0) is 4.74 Å². The molecule has 2 aromatic carbocycles. The van der Waals surface area contributed by atoms with Crippen molar-refractivity contribution in [3.63, 3.8) is 0 Å². The maximum Gasteiger partial charge on any atom is 0.287 e. The molecule has 29 heavy (non-hydrogen) atoms. The number of aryl methyl sites for hydroxylation is 2. The van der Waals surface area contributed by atoms with Crippen molar-refractivity contribution in [3.05, 3.63) is 69.9 Å². The second kappa shape index (κ2) is 8.57. The van der Waals surface area contributed by atoms with Gasteiger partial charge in [-0.05, 0) is 43.7 Å². The van der Waals surface area contributed by atoms with Gasteiger partial charge in [-0.2, -0.15) is 0 Å². The number of ether oxygens (including phenoxy) is 1. The predicted octanol–water partition coefficient (Wildman–Crippen LogP) is 4.51. The molecule has 0 saturated carbocycles. The Kier molecular flexibility index (Phi) is 5.90. The minimum atomic E-state index is -0.191. The molecule has 1 amide bonds. The Labute approximate surface area is 175 Å². The van der Waals surface area contributed by atoms with E-state index in [9.17, 15) is 4.79 Å². The van der Waals surface area contributed by atoms with E-state index < -0.39 is 0 Å². The van der Waals surface area contributed by atoms with Gasteiger partial charge in [0.1, 0.15) is 5.58 Å². The maximum atomic E-state index is 12.9. The summed E-state index contributed by atoms with van der Waals surface area (Å²) in [7, 11) is 0. The van der Waals surface area contributed by atoms with Crippen molar-refractivity contribution in [1.29, 1.82) is 0 Å². The molecule has 1 aliphatic rings. The van der Waals surface area contributed by atoms with Crippen molar-refractivity contribution < 1.29 is 13.9 Å². The van der Waals surface area contributed by atoms with E-state index in [-0.39, 0.29) is 11.9 Å². The molecule has 1 aromatic heterocycles. The van der Waals surface area contributed by atoms with E-state index in [1.54, 1.807) is 0 Å². The molecule has 1 N–H and O–H groups in total. The Balaban J connectivity index is 1.54. The molecular weight excluding hydrogens is 388 g/mol. The number of furan rings is 1. The fourth-order valence-corrected chi connectivity index (χ4v) is 3.98. The minimum Gasteiger partial charge on any atom is -0.451 e. The second-order valence-electron chi connectivity index (χ2n) is 7.48. The molecule has 0 bridgehead atoms. The molecule has 4 rings (SSSR count). The lowest BCUT2D eigenvalue weighted by Crippen LogP contribution is -2.43. The number of amides is 1. The molecule has 1 atom stereocenters. The fraction of sp³-hybridized carbons (Fsp3) is 0.348. The average Bonchev–Trinajstić information content (AvgIpc) is 3.06. The molecule has 0 unspecified atom stereocenters. The number of carbonyl (C=O) groups is 1. The van der Waals surface area contributed by atoms with E-state index in [1.165, 1.54) is 0 Å². The van der Waals surface area contributed by atoms with Gasteiger partial charge in [0.15, 0.2) is 5.76 Å². The summed E-state index contributed by atoms with van der Waals surface area (Å²) in [5.74, 6) is 0.186. The van der Waals surface area contributed by atoms with Crippen molar-refractivity contribution in [3.8, 4) is 0 Å². The quantitative estimate of drug-likeness (QED) is 0.670. The summed E-state index contributed by atoms with van der Waals surface area (Å²) >= 11 is 6.06. The highest BCUT2D eigenvalue weighted by Gasteiger charge is 2.25. The highest BCUT2D eigenvalue weighted by molar-refractivity contribution is 6.30. The number of fused-ring (bicyclic) bond motifs is 1. The summed E-state index contributed by atoms with van der Waals surface area (Å²) < 4.78 is 11.3. The van der Waals surface area contributed by atoms with Gasteiger partial charge in [-0.1, -0.05) is 35.4 Å². The number of carbonyl (C=O) groups excluding carboxylic acids is 1. The minimum absolute atomic E-state index is 0.0482. The highest BCUT2D eigenvalue weighted by atomic mass is 35.5. The van der Waals surface area contributed by atoms with E-state index in [1.807, 2.05) is 50.2 Å². The van der Waals surface area contributed by atoms with Crippen molar-refractivity contribution in [2.75, 3.05) is 32.8 Å². The second-order valence-corrected chi connectivity index (χ2v) is 7.92. The Morgan fingerprint density at radius 2 is 1.86 bits per heavy atom. The monoisotopic (exact) mass is 412 g/mol. The Bertz CT molecular complexity index is 1010. The van der Waals surface area contributed by atoms with Gasteiger partial charge in [0.05, 0.1) is 19.3 Å². The van der Waals surface area contributed by atoms with Gasteiger partial charge in [0.2, 0.25) is 0 Å². The van der Waals surface area contributed by atoms with Crippen molar-refractivity contribution >= 4 is 28.5 Å². The fourth-order valence-electron chi connectivity index (χ4n) is 3.85. The van der Waals surface area contributed by atoms with E-state index in [2.05, 4.69) is 16.3 Å². The van der Waals surface area contributed by atoms with Crippen LogP contribution in [0.25, 0.3) is 11.0 Å². The van der Waals surface area contributed by atoms with Crippen LogP contribution < -0.4 is 5.32 Å². The summed E-state index contributed by atoms with van der Waals surface area (Å²) in [6.07, 6.45) is 0. The first-order valence-corrected chi connectivity index (χ1v) is 10.3. The molecule has 0 aliphatic carbocycles. The highest BCUT2D eigenvalue weighted by Crippen LogP contribution is 2.27. The molecule has 1 fully saturated rings. The first-order chi connectivity index (χ1) is 14.0.